The van der Waals surface area contributed by atoms with Crippen LogP contribution in [0.1, 0.15) is 31.9 Å². The van der Waals surface area contributed by atoms with Gasteiger partial charge in [-0.15, -0.1) is 10.2 Å². The van der Waals surface area contributed by atoms with Crippen LogP contribution in [0, 0.1) is 5.92 Å². The quantitative estimate of drug-likeness (QED) is 0.792. The summed E-state index contributed by atoms with van der Waals surface area (Å²) < 4.78 is 0. The molecule has 130 valence electrons. The number of piperidine rings is 1. The molecule has 0 aliphatic carbocycles. The fraction of sp³-hybridized carbons (Fsp3) is 0.625. The van der Waals surface area contributed by atoms with E-state index in [-0.39, 0.29) is 6.61 Å². The molecule has 3 rings (SSSR count). The van der Waals surface area contributed by atoms with Crippen molar-refractivity contribution in [1.29, 1.82) is 0 Å². The standard InChI is InChI=1S/C16H24N6OS/c1-12(4-7-23)22-5-2-13(3-6-22)8-14-9-15(18-10-17-14)20-16-21-19-11-24-16/h9-13,23H,2-8H2,1H3,(H,17,18,20,21)/t12-/m1/s1. The summed E-state index contributed by atoms with van der Waals surface area (Å²) in [6.45, 7) is 4.68. The van der Waals surface area contributed by atoms with Crippen LogP contribution < -0.4 is 5.32 Å². The van der Waals surface area contributed by atoms with E-state index in [0.717, 1.165) is 42.6 Å². The highest BCUT2D eigenvalue weighted by Crippen LogP contribution is 2.24. The summed E-state index contributed by atoms with van der Waals surface area (Å²) in [5, 5.41) is 20.8. The minimum atomic E-state index is 0.270. The molecule has 2 aromatic heterocycles. The molecule has 8 heteroatoms. The van der Waals surface area contributed by atoms with E-state index in [0.29, 0.717) is 12.0 Å². The average molecular weight is 348 g/mol. The van der Waals surface area contributed by atoms with Crippen molar-refractivity contribution in [2.75, 3.05) is 25.0 Å². The number of nitrogens with zero attached hydrogens (tertiary/aromatic N) is 5. The van der Waals surface area contributed by atoms with Crippen LogP contribution in [0.4, 0.5) is 10.9 Å². The second-order valence-corrected chi connectivity index (χ2v) is 7.14. The Labute approximate surface area is 146 Å². The first-order valence-corrected chi connectivity index (χ1v) is 9.31. The van der Waals surface area contributed by atoms with Gasteiger partial charge in [0.2, 0.25) is 5.13 Å². The molecule has 1 fully saturated rings. The molecule has 0 radical (unpaired) electrons. The number of likely N-dealkylation sites (tertiary alicyclic amines) is 1. The van der Waals surface area contributed by atoms with Gasteiger partial charge in [-0.3, -0.25) is 0 Å². The number of aromatic nitrogens is 4. The van der Waals surface area contributed by atoms with Crippen molar-refractivity contribution in [1.82, 2.24) is 25.1 Å². The van der Waals surface area contributed by atoms with Gasteiger partial charge < -0.3 is 15.3 Å². The zero-order chi connectivity index (χ0) is 16.8. The highest BCUT2D eigenvalue weighted by atomic mass is 32.1. The van der Waals surface area contributed by atoms with E-state index >= 15 is 0 Å². The highest BCUT2D eigenvalue weighted by molar-refractivity contribution is 7.13. The molecule has 2 aromatic rings. The monoisotopic (exact) mass is 348 g/mol. The van der Waals surface area contributed by atoms with Crippen molar-refractivity contribution < 1.29 is 5.11 Å². The van der Waals surface area contributed by atoms with E-state index < -0.39 is 0 Å². The zero-order valence-corrected chi connectivity index (χ0v) is 14.7. The summed E-state index contributed by atoms with van der Waals surface area (Å²) >= 11 is 1.45. The summed E-state index contributed by atoms with van der Waals surface area (Å²) in [5.41, 5.74) is 2.76. The summed E-state index contributed by atoms with van der Waals surface area (Å²) in [5.74, 6) is 1.43. The van der Waals surface area contributed by atoms with Crippen molar-refractivity contribution in [2.45, 2.75) is 38.6 Å². The summed E-state index contributed by atoms with van der Waals surface area (Å²) in [4.78, 5) is 11.1. The number of aliphatic hydroxyl groups excluding tert-OH is 1. The normalized spacial score (nSPS) is 17.8. The van der Waals surface area contributed by atoms with Gasteiger partial charge in [0.15, 0.2) is 0 Å². The largest absolute Gasteiger partial charge is 0.396 e. The SMILES string of the molecule is C[C@H](CCO)N1CCC(Cc2cc(Nc3nncs3)ncn2)CC1. The first-order valence-electron chi connectivity index (χ1n) is 8.43. The van der Waals surface area contributed by atoms with Crippen molar-refractivity contribution in [3.05, 3.63) is 23.6 Å². The van der Waals surface area contributed by atoms with Crippen molar-refractivity contribution in [3.63, 3.8) is 0 Å². The molecule has 1 aliphatic rings. The topological polar surface area (TPSA) is 87.1 Å². The molecule has 0 bridgehead atoms. The Morgan fingerprint density at radius 2 is 2.21 bits per heavy atom. The maximum atomic E-state index is 9.08. The Kier molecular flexibility index (Phi) is 6.06. The number of rotatable bonds is 7. The predicted molar refractivity (Wildman–Crippen MR) is 94.4 cm³/mol. The van der Waals surface area contributed by atoms with E-state index in [1.807, 2.05) is 6.07 Å². The Bertz CT molecular complexity index is 615. The highest BCUT2D eigenvalue weighted by Gasteiger charge is 2.23. The second-order valence-electron chi connectivity index (χ2n) is 6.31. The molecular weight excluding hydrogens is 324 g/mol. The lowest BCUT2D eigenvalue weighted by Crippen LogP contribution is -2.40. The number of anilines is 2. The Morgan fingerprint density at radius 1 is 1.38 bits per heavy atom. The molecule has 0 spiro atoms. The summed E-state index contributed by atoms with van der Waals surface area (Å²) in [6.07, 6.45) is 5.81. The van der Waals surface area contributed by atoms with Crippen LogP contribution in [0.2, 0.25) is 0 Å². The fourth-order valence-corrected chi connectivity index (χ4v) is 3.63. The van der Waals surface area contributed by atoms with Crippen LogP contribution >= 0.6 is 11.3 Å². The number of hydrogen-bond donors (Lipinski definition) is 2. The van der Waals surface area contributed by atoms with Crippen molar-refractivity contribution >= 4 is 22.3 Å². The zero-order valence-electron chi connectivity index (χ0n) is 13.9. The molecule has 0 aromatic carbocycles. The smallest absolute Gasteiger partial charge is 0.210 e. The van der Waals surface area contributed by atoms with Gasteiger partial charge >= 0.3 is 0 Å². The average Bonchev–Trinajstić information content (AvgIpc) is 3.09. The van der Waals surface area contributed by atoms with Crippen LogP contribution in [0.25, 0.3) is 0 Å². The lowest BCUT2D eigenvalue weighted by atomic mass is 9.91. The minimum Gasteiger partial charge on any atom is -0.396 e. The van der Waals surface area contributed by atoms with Crippen LogP contribution in [-0.4, -0.2) is 55.9 Å². The molecule has 3 heterocycles. The third kappa shape index (κ3) is 4.68. The van der Waals surface area contributed by atoms with E-state index in [2.05, 4.69) is 37.3 Å². The Morgan fingerprint density at radius 3 is 2.92 bits per heavy atom. The van der Waals surface area contributed by atoms with E-state index in [9.17, 15) is 0 Å². The second kappa shape index (κ2) is 8.46. The third-order valence-electron chi connectivity index (χ3n) is 4.64. The minimum absolute atomic E-state index is 0.270. The van der Waals surface area contributed by atoms with Gasteiger partial charge in [-0.05, 0) is 51.6 Å². The maximum absolute atomic E-state index is 9.08. The van der Waals surface area contributed by atoms with Gasteiger partial charge in [0.05, 0.1) is 0 Å². The molecule has 0 amide bonds. The number of nitrogens with one attached hydrogen (secondary N) is 1. The van der Waals surface area contributed by atoms with Gasteiger partial charge in [-0.1, -0.05) is 11.3 Å². The van der Waals surface area contributed by atoms with E-state index in [4.69, 9.17) is 5.11 Å². The van der Waals surface area contributed by atoms with Crippen molar-refractivity contribution in [2.24, 2.45) is 5.92 Å². The van der Waals surface area contributed by atoms with Gasteiger partial charge in [0, 0.05) is 24.4 Å². The van der Waals surface area contributed by atoms with Crippen LogP contribution in [0.15, 0.2) is 17.9 Å². The molecule has 2 N–H and O–H groups in total. The lowest BCUT2D eigenvalue weighted by molar-refractivity contribution is 0.119. The molecular formula is C16H24N6OS. The Hall–Kier alpha value is -1.64. The molecule has 1 aliphatic heterocycles. The van der Waals surface area contributed by atoms with Crippen LogP contribution in [0.3, 0.4) is 0 Å². The first kappa shape index (κ1) is 17.2. The fourth-order valence-electron chi connectivity index (χ4n) is 3.18. The number of hydrogen-bond acceptors (Lipinski definition) is 8. The van der Waals surface area contributed by atoms with Gasteiger partial charge in [-0.25, -0.2) is 9.97 Å². The van der Waals surface area contributed by atoms with Gasteiger partial charge in [0.25, 0.3) is 0 Å². The van der Waals surface area contributed by atoms with Gasteiger partial charge in [-0.2, -0.15) is 0 Å². The van der Waals surface area contributed by atoms with Crippen LogP contribution in [0.5, 0.6) is 0 Å². The maximum Gasteiger partial charge on any atom is 0.210 e. The Balaban J connectivity index is 1.52. The summed E-state index contributed by atoms with van der Waals surface area (Å²) in [6, 6.07) is 2.47. The molecule has 0 saturated carbocycles. The van der Waals surface area contributed by atoms with E-state index in [1.165, 1.54) is 24.2 Å². The lowest BCUT2D eigenvalue weighted by Gasteiger charge is -2.35. The molecule has 0 unspecified atom stereocenters. The van der Waals surface area contributed by atoms with E-state index in [1.54, 1.807) is 11.8 Å². The predicted octanol–water partition coefficient (Wildman–Crippen LogP) is 2.10. The van der Waals surface area contributed by atoms with Gasteiger partial charge in [0.1, 0.15) is 17.7 Å². The van der Waals surface area contributed by atoms with Crippen molar-refractivity contribution in [3.8, 4) is 0 Å². The van der Waals surface area contributed by atoms with Crippen LogP contribution in [-0.2, 0) is 6.42 Å². The molecule has 24 heavy (non-hydrogen) atoms. The number of aliphatic hydroxyl groups is 1. The summed E-state index contributed by atoms with van der Waals surface area (Å²) in [7, 11) is 0. The first-order chi connectivity index (χ1) is 11.7. The molecule has 1 atom stereocenters. The molecule has 1 saturated heterocycles. The molecule has 7 nitrogen and oxygen atoms in total. The third-order valence-corrected chi connectivity index (χ3v) is 5.24.